The van der Waals surface area contributed by atoms with E-state index < -0.39 is 10.1 Å². The highest BCUT2D eigenvalue weighted by Gasteiger charge is 2.16. The van der Waals surface area contributed by atoms with Gasteiger partial charge in [-0.05, 0) is 13.0 Å². The fourth-order valence-corrected chi connectivity index (χ4v) is 2.54. The second-order valence-electron chi connectivity index (χ2n) is 2.07. The second-order valence-corrected chi connectivity index (χ2v) is 4.95. The van der Waals surface area contributed by atoms with Crippen LogP contribution in [-0.2, 0) is 10.1 Å². The van der Waals surface area contributed by atoms with E-state index in [1.165, 1.54) is 6.07 Å². The molecule has 0 aliphatic rings. The molecule has 1 heterocycles. The van der Waals surface area contributed by atoms with Gasteiger partial charge in [0.1, 0.15) is 0 Å². The van der Waals surface area contributed by atoms with Crippen molar-refractivity contribution in [2.24, 2.45) is 0 Å². The van der Waals surface area contributed by atoms with E-state index in [-0.39, 0.29) is 9.90 Å². The van der Waals surface area contributed by atoms with Gasteiger partial charge in [0.05, 0.1) is 5.69 Å². The van der Waals surface area contributed by atoms with Crippen LogP contribution in [0.1, 0.15) is 4.88 Å². The molecule has 0 bridgehead atoms. The zero-order valence-corrected chi connectivity index (χ0v) is 7.37. The van der Waals surface area contributed by atoms with Crippen LogP contribution >= 0.6 is 11.3 Å². The van der Waals surface area contributed by atoms with Crippen molar-refractivity contribution in [3.05, 3.63) is 10.9 Å². The largest absolute Gasteiger partial charge is 0.397 e. The summed E-state index contributed by atoms with van der Waals surface area (Å²) in [6, 6.07) is 1.51. The first-order chi connectivity index (χ1) is 4.91. The van der Waals surface area contributed by atoms with Crippen molar-refractivity contribution >= 4 is 27.1 Å². The third-order valence-corrected chi connectivity index (χ3v) is 3.53. The highest BCUT2D eigenvalue weighted by molar-refractivity contribution is 7.88. The van der Waals surface area contributed by atoms with Gasteiger partial charge in [0.15, 0.2) is 4.21 Å². The van der Waals surface area contributed by atoms with Gasteiger partial charge in [-0.25, -0.2) is 0 Å². The molecule has 0 aromatic carbocycles. The number of rotatable bonds is 1. The van der Waals surface area contributed by atoms with Crippen molar-refractivity contribution < 1.29 is 13.0 Å². The second kappa shape index (κ2) is 2.47. The van der Waals surface area contributed by atoms with Gasteiger partial charge in [0.2, 0.25) is 0 Å². The quantitative estimate of drug-likeness (QED) is 0.649. The minimum absolute atomic E-state index is 0.106. The van der Waals surface area contributed by atoms with E-state index in [0.717, 1.165) is 16.2 Å². The van der Waals surface area contributed by atoms with Crippen molar-refractivity contribution in [3.63, 3.8) is 0 Å². The number of aryl methyl sites for hydroxylation is 1. The molecule has 11 heavy (non-hydrogen) atoms. The molecule has 4 nitrogen and oxygen atoms in total. The Morgan fingerprint density at radius 2 is 2.18 bits per heavy atom. The Kier molecular flexibility index (Phi) is 1.91. The van der Waals surface area contributed by atoms with Crippen molar-refractivity contribution in [2.75, 3.05) is 5.73 Å². The standard InChI is InChI=1S/C5H7NO3S2/c1-3-2-4(6)5(10-3)11(7,8)9/h2H,6H2,1H3,(H,7,8,9). The van der Waals surface area contributed by atoms with Crippen LogP contribution in [0.3, 0.4) is 0 Å². The fraction of sp³-hybridized carbons (Fsp3) is 0.200. The van der Waals surface area contributed by atoms with Crippen molar-refractivity contribution in [3.8, 4) is 0 Å². The third-order valence-electron chi connectivity index (χ3n) is 1.08. The topological polar surface area (TPSA) is 80.4 Å². The average Bonchev–Trinajstić information content (AvgIpc) is 2.08. The maximum absolute atomic E-state index is 10.6. The molecular formula is C5H7NO3S2. The van der Waals surface area contributed by atoms with Crippen LogP contribution in [0.15, 0.2) is 10.3 Å². The van der Waals surface area contributed by atoms with Crippen LogP contribution in [0.5, 0.6) is 0 Å². The average molecular weight is 193 g/mol. The number of hydrogen-bond donors (Lipinski definition) is 2. The molecular weight excluding hydrogens is 186 g/mol. The minimum atomic E-state index is -4.12. The molecule has 0 saturated carbocycles. The van der Waals surface area contributed by atoms with Gasteiger partial charge in [0, 0.05) is 4.88 Å². The molecule has 1 aromatic rings. The summed E-state index contributed by atoms with van der Waals surface area (Å²) < 4.78 is 29.5. The van der Waals surface area contributed by atoms with Crippen molar-refractivity contribution in [1.29, 1.82) is 0 Å². The lowest BCUT2D eigenvalue weighted by molar-refractivity contribution is 0.486. The number of hydrogen-bond acceptors (Lipinski definition) is 4. The zero-order chi connectivity index (χ0) is 8.65. The van der Waals surface area contributed by atoms with Crippen LogP contribution in [0.2, 0.25) is 0 Å². The molecule has 0 atom stereocenters. The van der Waals surface area contributed by atoms with Crippen LogP contribution in [0.25, 0.3) is 0 Å². The maximum atomic E-state index is 10.6. The Bertz CT molecular complexity index is 365. The molecule has 0 spiro atoms. The fourth-order valence-electron chi connectivity index (χ4n) is 0.714. The van der Waals surface area contributed by atoms with Crippen molar-refractivity contribution in [2.45, 2.75) is 11.1 Å². The Balaban J connectivity index is 3.36. The van der Waals surface area contributed by atoms with E-state index in [4.69, 9.17) is 10.3 Å². The number of anilines is 1. The van der Waals surface area contributed by atoms with E-state index in [2.05, 4.69) is 0 Å². The summed E-state index contributed by atoms with van der Waals surface area (Å²) >= 11 is 0.958. The van der Waals surface area contributed by atoms with Crippen LogP contribution in [-0.4, -0.2) is 13.0 Å². The molecule has 6 heteroatoms. The first-order valence-corrected chi connectivity index (χ1v) is 5.00. The van der Waals surface area contributed by atoms with Gasteiger partial charge in [-0.15, -0.1) is 11.3 Å². The maximum Gasteiger partial charge on any atom is 0.306 e. The van der Waals surface area contributed by atoms with Crippen molar-refractivity contribution in [1.82, 2.24) is 0 Å². The van der Waals surface area contributed by atoms with Gasteiger partial charge in [0.25, 0.3) is 0 Å². The van der Waals surface area contributed by atoms with Crippen LogP contribution in [0.4, 0.5) is 5.69 Å². The van der Waals surface area contributed by atoms with Gasteiger partial charge < -0.3 is 5.73 Å². The number of nitrogen functional groups attached to an aromatic ring is 1. The van der Waals surface area contributed by atoms with E-state index in [0.29, 0.717) is 0 Å². The summed E-state index contributed by atoms with van der Waals surface area (Å²) in [5.74, 6) is 0. The Morgan fingerprint density at radius 1 is 1.64 bits per heavy atom. The molecule has 0 aliphatic heterocycles. The van der Waals surface area contributed by atoms with Gasteiger partial charge >= 0.3 is 10.1 Å². The summed E-state index contributed by atoms with van der Waals surface area (Å²) in [4.78, 5) is 0.759. The number of thiophene rings is 1. The van der Waals surface area contributed by atoms with E-state index in [1.54, 1.807) is 6.92 Å². The molecule has 0 aliphatic carbocycles. The zero-order valence-electron chi connectivity index (χ0n) is 5.73. The van der Waals surface area contributed by atoms with Gasteiger partial charge in [-0.3, -0.25) is 4.55 Å². The molecule has 3 N–H and O–H groups in total. The highest BCUT2D eigenvalue weighted by atomic mass is 32.3. The first kappa shape index (κ1) is 8.51. The summed E-state index contributed by atoms with van der Waals surface area (Å²) in [7, 11) is -4.12. The smallest absolute Gasteiger partial charge is 0.306 e. The lowest BCUT2D eigenvalue weighted by Crippen LogP contribution is -1.98. The summed E-state index contributed by atoms with van der Waals surface area (Å²) in [5, 5.41) is 0. The lowest BCUT2D eigenvalue weighted by Gasteiger charge is -1.90. The van der Waals surface area contributed by atoms with E-state index in [9.17, 15) is 8.42 Å². The molecule has 1 rings (SSSR count). The van der Waals surface area contributed by atoms with E-state index >= 15 is 0 Å². The predicted molar refractivity (Wildman–Crippen MR) is 43.3 cm³/mol. The molecule has 0 unspecified atom stereocenters. The van der Waals surface area contributed by atoms with E-state index in [1.807, 2.05) is 0 Å². The molecule has 0 fully saturated rings. The molecule has 0 amide bonds. The summed E-state index contributed by atoms with van der Waals surface area (Å²) in [5.41, 5.74) is 5.41. The summed E-state index contributed by atoms with van der Waals surface area (Å²) in [6.45, 7) is 1.72. The number of nitrogens with two attached hydrogens (primary N) is 1. The minimum Gasteiger partial charge on any atom is -0.397 e. The molecule has 62 valence electrons. The first-order valence-electron chi connectivity index (χ1n) is 2.74. The monoisotopic (exact) mass is 193 g/mol. The van der Waals surface area contributed by atoms with Gasteiger partial charge in [-0.2, -0.15) is 8.42 Å². The highest BCUT2D eigenvalue weighted by Crippen LogP contribution is 2.27. The normalized spacial score (nSPS) is 11.8. The van der Waals surface area contributed by atoms with Crippen LogP contribution in [0, 0.1) is 6.92 Å². The Morgan fingerprint density at radius 3 is 2.36 bits per heavy atom. The SMILES string of the molecule is Cc1cc(N)c(S(=O)(=O)O)s1. The van der Waals surface area contributed by atoms with Crippen LogP contribution < -0.4 is 5.73 Å². The molecule has 0 radical (unpaired) electrons. The molecule has 1 aromatic heterocycles. The summed E-state index contributed by atoms with van der Waals surface area (Å²) in [6.07, 6.45) is 0. The van der Waals surface area contributed by atoms with Gasteiger partial charge in [-0.1, -0.05) is 0 Å². The lowest BCUT2D eigenvalue weighted by atomic mass is 10.5. The Labute approximate surface area is 68.4 Å². The molecule has 0 saturated heterocycles. The predicted octanol–water partition coefficient (Wildman–Crippen LogP) is 0.885. The Hall–Kier alpha value is -0.590. The third kappa shape index (κ3) is 1.70.